The molecule has 0 aromatic heterocycles. The number of methoxy groups -OCH3 is 2. The average Bonchev–Trinajstić information content (AvgIpc) is 3.17. The lowest BCUT2D eigenvalue weighted by Gasteiger charge is -2.37. The Bertz CT molecular complexity index is 776. The number of rotatable bonds is 9. The third-order valence-electron chi connectivity index (χ3n) is 6.46. The maximum atomic E-state index is 12.7. The molecule has 1 aromatic rings. The molecule has 2 N–H and O–H groups in total. The molecular formula is C23H36N3O5+. The second-order valence-corrected chi connectivity index (χ2v) is 9.00. The average molecular weight is 435 g/mol. The zero-order valence-corrected chi connectivity index (χ0v) is 19.2. The topological polar surface area (TPSA) is 81.5 Å². The highest BCUT2D eigenvalue weighted by atomic mass is 16.5. The lowest BCUT2D eigenvalue weighted by atomic mass is 10.0. The summed E-state index contributed by atoms with van der Waals surface area (Å²) in [6.07, 6.45) is 0.983. The lowest BCUT2D eigenvalue weighted by Crippen LogP contribution is -3.22. The van der Waals surface area contributed by atoms with Crippen molar-refractivity contribution >= 4 is 11.8 Å². The van der Waals surface area contributed by atoms with E-state index in [1.54, 1.807) is 19.1 Å². The highest BCUT2D eigenvalue weighted by Crippen LogP contribution is 2.28. The summed E-state index contributed by atoms with van der Waals surface area (Å²) in [6.45, 7) is 9.43. The van der Waals surface area contributed by atoms with Crippen LogP contribution in [-0.4, -0.2) is 82.4 Å². The first kappa shape index (κ1) is 23.3. The molecule has 0 spiro atoms. The third kappa shape index (κ3) is 5.89. The fraction of sp³-hybridized carbons (Fsp3) is 0.652. The molecule has 8 heteroatoms. The van der Waals surface area contributed by atoms with Crippen molar-refractivity contribution in [3.63, 3.8) is 0 Å². The smallest absolute Gasteiger partial charge is 0.225 e. The largest absolute Gasteiger partial charge is 0.493 e. The van der Waals surface area contributed by atoms with Crippen molar-refractivity contribution in [2.45, 2.75) is 32.2 Å². The Kier molecular flexibility index (Phi) is 7.78. The lowest BCUT2D eigenvalue weighted by molar-refractivity contribution is -0.954. The molecule has 172 valence electrons. The maximum Gasteiger partial charge on any atom is 0.225 e. The molecule has 2 fully saturated rings. The predicted molar refractivity (Wildman–Crippen MR) is 117 cm³/mol. The molecule has 1 atom stereocenters. The van der Waals surface area contributed by atoms with Gasteiger partial charge in [-0.3, -0.25) is 9.59 Å². The van der Waals surface area contributed by atoms with E-state index in [0.29, 0.717) is 37.6 Å². The number of carbonyl (C=O) groups excluding carboxylic acids is 2. The number of nitrogens with zero attached hydrogens (tertiary/aromatic N) is 1. The molecule has 2 aliphatic rings. The molecule has 0 bridgehead atoms. The van der Waals surface area contributed by atoms with E-state index in [-0.39, 0.29) is 29.7 Å². The molecule has 0 radical (unpaired) electrons. The van der Waals surface area contributed by atoms with Gasteiger partial charge < -0.3 is 29.3 Å². The van der Waals surface area contributed by atoms with Gasteiger partial charge in [-0.1, -0.05) is 6.07 Å². The SMILES string of the molecule is COc1ccc(CCN2C[C@H](C(=O)NCC(C)(C)[NH+]3CCOCC3)CC2=O)cc1OC. The Morgan fingerprint density at radius 3 is 2.61 bits per heavy atom. The Morgan fingerprint density at radius 1 is 1.23 bits per heavy atom. The Hall–Kier alpha value is -2.32. The van der Waals surface area contributed by atoms with Gasteiger partial charge in [-0.2, -0.15) is 0 Å². The Morgan fingerprint density at radius 2 is 1.94 bits per heavy atom. The van der Waals surface area contributed by atoms with E-state index in [1.165, 1.54) is 4.90 Å². The summed E-state index contributed by atoms with van der Waals surface area (Å²) in [5.74, 6) is 1.09. The van der Waals surface area contributed by atoms with E-state index in [9.17, 15) is 9.59 Å². The van der Waals surface area contributed by atoms with Crippen LogP contribution in [0.4, 0.5) is 0 Å². The number of benzene rings is 1. The molecule has 2 aliphatic heterocycles. The van der Waals surface area contributed by atoms with Gasteiger partial charge in [-0.15, -0.1) is 0 Å². The number of carbonyl (C=O) groups is 2. The fourth-order valence-corrected chi connectivity index (χ4v) is 4.34. The number of amides is 2. The van der Waals surface area contributed by atoms with E-state index in [0.717, 1.165) is 31.9 Å². The fourth-order valence-electron chi connectivity index (χ4n) is 4.34. The van der Waals surface area contributed by atoms with Gasteiger partial charge in [0.1, 0.15) is 18.6 Å². The van der Waals surface area contributed by atoms with E-state index < -0.39 is 0 Å². The normalized spacial score (nSPS) is 20.1. The minimum atomic E-state index is -0.284. The molecular weight excluding hydrogens is 398 g/mol. The quantitative estimate of drug-likeness (QED) is 0.568. The number of nitrogens with one attached hydrogen (secondary N) is 2. The van der Waals surface area contributed by atoms with E-state index in [1.807, 2.05) is 18.2 Å². The molecule has 3 rings (SSSR count). The molecule has 2 heterocycles. The van der Waals surface area contributed by atoms with Crippen molar-refractivity contribution in [3.05, 3.63) is 23.8 Å². The number of likely N-dealkylation sites (tertiary alicyclic amines) is 1. The minimum absolute atomic E-state index is 0.0253. The predicted octanol–water partition coefficient (Wildman–Crippen LogP) is -0.0953. The van der Waals surface area contributed by atoms with Crippen LogP contribution in [0.15, 0.2) is 18.2 Å². The molecule has 31 heavy (non-hydrogen) atoms. The molecule has 1 aromatic carbocycles. The summed E-state index contributed by atoms with van der Waals surface area (Å²) in [6, 6.07) is 5.77. The van der Waals surface area contributed by atoms with Crippen LogP contribution in [0.2, 0.25) is 0 Å². The summed E-state index contributed by atoms with van der Waals surface area (Å²) in [4.78, 5) is 28.4. The van der Waals surface area contributed by atoms with Gasteiger partial charge in [0.2, 0.25) is 11.8 Å². The van der Waals surface area contributed by atoms with Crippen molar-refractivity contribution in [3.8, 4) is 11.5 Å². The van der Waals surface area contributed by atoms with E-state index >= 15 is 0 Å². The first-order valence-corrected chi connectivity index (χ1v) is 11.0. The van der Waals surface area contributed by atoms with Crippen molar-refractivity contribution < 1.29 is 28.7 Å². The van der Waals surface area contributed by atoms with Crippen molar-refractivity contribution in [2.75, 3.05) is 60.2 Å². The molecule has 0 saturated carbocycles. The van der Waals surface area contributed by atoms with Crippen molar-refractivity contribution in [2.24, 2.45) is 5.92 Å². The second kappa shape index (κ2) is 10.3. The summed E-state index contributed by atoms with van der Waals surface area (Å²) < 4.78 is 16.1. The van der Waals surface area contributed by atoms with E-state index in [2.05, 4.69) is 19.2 Å². The van der Waals surface area contributed by atoms with Crippen LogP contribution in [0, 0.1) is 5.92 Å². The molecule has 0 aliphatic carbocycles. The van der Waals surface area contributed by atoms with Crippen LogP contribution in [0.25, 0.3) is 0 Å². The number of morpholine rings is 1. The Labute approximate surface area is 184 Å². The van der Waals surface area contributed by atoms with E-state index in [4.69, 9.17) is 14.2 Å². The summed E-state index contributed by atoms with van der Waals surface area (Å²) in [5.41, 5.74) is 1.00. The molecule has 2 saturated heterocycles. The van der Waals surface area contributed by atoms with Crippen LogP contribution in [-0.2, 0) is 20.7 Å². The van der Waals surface area contributed by atoms with Gasteiger partial charge >= 0.3 is 0 Å². The standard InChI is InChI=1S/C23H35N3O5/c1-23(2,26-9-11-31-12-10-26)16-24-22(28)18-14-21(27)25(15-18)8-7-17-5-6-19(29-3)20(13-17)30-4/h5-6,13,18H,7-12,14-16H2,1-4H3,(H,24,28)/p+1/t18-/m1/s1. The van der Waals surface area contributed by atoms with Crippen LogP contribution in [0.1, 0.15) is 25.8 Å². The van der Waals surface area contributed by atoms with Gasteiger partial charge in [0.05, 0.1) is 39.9 Å². The number of hydrogen-bond acceptors (Lipinski definition) is 5. The Balaban J connectivity index is 1.48. The number of quaternary nitrogens is 1. The monoisotopic (exact) mass is 434 g/mol. The summed E-state index contributed by atoms with van der Waals surface area (Å²) >= 11 is 0. The first-order chi connectivity index (χ1) is 14.8. The second-order valence-electron chi connectivity index (χ2n) is 9.00. The third-order valence-corrected chi connectivity index (χ3v) is 6.46. The number of ether oxygens (including phenoxy) is 3. The first-order valence-electron chi connectivity index (χ1n) is 11.0. The van der Waals surface area contributed by atoms with Crippen molar-refractivity contribution in [1.82, 2.24) is 10.2 Å². The van der Waals surface area contributed by atoms with Crippen molar-refractivity contribution in [1.29, 1.82) is 0 Å². The maximum absolute atomic E-state index is 12.7. The summed E-state index contributed by atoms with van der Waals surface area (Å²) in [5, 5.41) is 3.09. The minimum Gasteiger partial charge on any atom is -0.493 e. The van der Waals surface area contributed by atoms with Gasteiger partial charge in [-0.25, -0.2) is 0 Å². The molecule has 2 amide bonds. The van der Waals surface area contributed by atoms with Gasteiger partial charge in [0.15, 0.2) is 11.5 Å². The zero-order valence-electron chi connectivity index (χ0n) is 19.2. The highest BCUT2D eigenvalue weighted by molar-refractivity contribution is 5.89. The van der Waals surface area contributed by atoms with Crippen LogP contribution in [0.5, 0.6) is 11.5 Å². The zero-order chi connectivity index (χ0) is 22.4. The summed E-state index contributed by atoms with van der Waals surface area (Å²) in [7, 11) is 3.21. The van der Waals surface area contributed by atoms with Gasteiger partial charge in [0, 0.05) is 19.5 Å². The molecule has 0 unspecified atom stereocenters. The van der Waals surface area contributed by atoms with Gasteiger partial charge in [-0.05, 0) is 38.0 Å². The van der Waals surface area contributed by atoms with Crippen LogP contribution in [0.3, 0.4) is 0 Å². The highest BCUT2D eigenvalue weighted by Gasteiger charge is 2.37. The molecule has 8 nitrogen and oxygen atoms in total. The van der Waals surface area contributed by atoms with Crippen LogP contribution < -0.4 is 19.7 Å². The van der Waals surface area contributed by atoms with Crippen LogP contribution >= 0.6 is 0 Å². The number of hydrogen-bond donors (Lipinski definition) is 2. The van der Waals surface area contributed by atoms with Gasteiger partial charge in [0.25, 0.3) is 0 Å².